The predicted molar refractivity (Wildman–Crippen MR) is 120 cm³/mol. The third-order valence-electron chi connectivity index (χ3n) is 5.00. The Morgan fingerprint density at radius 1 is 1.21 bits per heavy atom. The Kier molecular flexibility index (Phi) is 4.83. The Morgan fingerprint density at radius 2 is 2.17 bits per heavy atom. The monoisotopic (exact) mass is 401 g/mol. The van der Waals surface area contributed by atoms with Crippen LogP contribution < -0.4 is 16.0 Å². The number of nitrogens with zero attached hydrogens (tertiary/aromatic N) is 3. The second-order valence-corrected chi connectivity index (χ2v) is 8.09. The fourth-order valence-electron chi connectivity index (χ4n) is 3.47. The van der Waals surface area contributed by atoms with Crippen molar-refractivity contribution < 1.29 is 0 Å². The Hall–Kier alpha value is -3.04. The second kappa shape index (κ2) is 7.77. The molecule has 1 unspecified atom stereocenters. The van der Waals surface area contributed by atoms with Crippen LogP contribution in [-0.2, 0) is 0 Å². The molecule has 0 bridgehead atoms. The molecule has 0 amide bonds. The number of thiazole rings is 1. The van der Waals surface area contributed by atoms with Crippen molar-refractivity contribution in [3.05, 3.63) is 54.5 Å². The summed E-state index contributed by atoms with van der Waals surface area (Å²) >= 11 is 1.60. The molecule has 1 aliphatic heterocycles. The summed E-state index contributed by atoms with van der Waals surface area (Å²) in [6.45, 7) is 2.02. The van der Waals surface area contributed by atoms with Crippen molar-refractivity contribution in [2.24, 2.45) is 0 Å². The van der Waals surface area contributed by atoms with Gasteiger partial charge in [-0.15, -0.1) is 0 Å². The minimum atomic E-state index is 0.431. The summed E-state index contributed by atoms with van der Waals surface area (Å²) in [6, 6.07) is 10.6. The van der Waals surface area contributed by atoms with Crippen molar-refractivity contribution in [3.63, 3.8) is 0 Å². The predicted octanol–water partition coefficient (Wildman–Crippen LogP) is 2.16. The number of anilines is 2. The number of benzene rings is 1. The van der Waals surface area contributed by atoms with Gasteiger partial charge < -0.3 is 0 Å². The van der Waals surface area contributed by atoms with E-state index in [1.54, 1.807) is 17.5 Å². The molecular formula is C20H20BN7S. The Morgan fingerprint density at radius 3 is 3.00 bits per heavy atom. The first kappa shape index (κ1) is 18.0. The van der Waals surface area contributed by atoms with Crippen LogP contribution in [-0.4, -0.2) is 52.4 Å². The first-order valence-corrected chi connectivity index (χ1v) is 10.4. The zero-order valence-electron chi connectivity index (χ0n) is 15.8. The Labute approximate surface area is 173 Å². The van der Waals surface area contributed by atoms with Crippen molar-refractivity contribution >= 4 is 45.6 Å². The van der Waals surface area contributed by atoms with Crippen LogP contribution >= 0.6 is 11.3 Å². The number of hydrogen-bond donors (Lipinski definition) is 4. The standard InChI is InChI=1S/C20H20BN7S/c21-19(26-15-4-5-22-11-15)13-3-6-23-18(8-13)28-20-27-16-2-1-12(7-17(16)29-20)14-9-24-25-10-14/h1-3,6-10,15,21-22,26H,4-5,11H2,(H,24,25)(H,23,27,28). The molecule has 1 aliphatic rings. The van der Waals surface area contributed by atoms with Crippen molar-refractivity contribution in [3.8, 4) is 11.1 Å². The molecular weight excluding hydrogens is 381 g/mol. The topological polar surface area (TPSA) is 90.6 Å². The van der Waals surface area contributed by atoms with E-state index in [0.717, 1.165) is 63.0 Å². The fraction of sp³-hybridized carbons (Fsp3) is 0.200. The van der Waals surface area contributed by atoms with Crippen LogP contribution in [0.1, 0.15) is 12.0 Å². The summed E-state index contributed by atoms with van der Waals surface area (Å²) in [5.41, 5.74) is 5.08. The minimum absolute atomic E-state index is 0.431. The van der Waals surface area contributed by atoms with Crippen molar-refractivity contribution in [2.75, 3.05) is 18.4 Å². The van der Waals surface area contributed by atoms with Gasteiger partial charge in [-0.1, -0.05) is 0 Å². The summed E-state index contributed by atoms with van der Waals surface area (Å²) in [4.78, 5) is 9.12. The first-order chi connectivity index (χ1) is 14.2. The molecule has 5 rings (SSSR count). The SMILES string of the molecule is B=C(NC1CCNC1)c1ccnc(Nc2nc3ccc(-c4cn[nH]c4)cc3s2)c1. The van der Waals surface area contributed by atoms with E-state index in [-0.39, 0.29) is 0 Å². The molecule has 9 heteroatoms. The molecule has 144 valence electrons. The molecule has 4 heterocycles. The van der Waals surface area contributed by atoms with Gasteiger partial charge in [0, 0.05) is 0 Å². The summed E-state index contributed by atoms with van der Waals surface area (Å²) < 4.78 is 1.11. The molecule has 1 fully saturated rings. The normalized spacial score (nSPS) is 16.2. The van der Waals surface area contributed by atoms with Gasteiger partial charge in [0.15, 0.2) is 0 Å². The molecule has 0 radical (unpaired) electrons. The van der Waals surface area contributed by atoms with E-state index in [4.69, 9.17) is 0 Å². The Balaban J connectivity index is 1.34. The van der Waals surface area contributed by atoms with Gasteiger partial charge in [-0.25, -0.2) is 0 Å². The number of hydrogen-bond acceptors (Lipinski definition) is 7. The quantitative estimate of drug-likeness (QED) is 0.370. The van der Waals surface area contributed by atoms with Crippen molar-refractivity contribution in [1.29, 1.82) is 0 Å². The van der Waals surface area contributed by atoms with Gasteiger partial charge in [-0.2, -0.15) is 5.10 Å². The van der Waals surface area contributed by atoms with Crippen molar-refractivity contribution in [1.82, 2.24) is 30.8 Å². The molecule has 4 aromatic rings. The molecule has 1 atom stereocenters. The molecule has 0 spiro atoms. The van der Waals surface area contributed by atoms with Crippen LogP contribution in [0.25, 0.3) is 21.3 Å². The average molecular weight is 401 g/mol. The third kappa shape index (κ3) is 3.92. The maximum absolute atomic E-state index is 4.69. The molecule has 4 N–H and O–H groups in total. The van der Waals surface area contributed by atoms with E-state index < -0.39 is 0 Å². The summed E-state index contributed by atoms with van der Waals surface area (Å²) in [5, 5.41) is 17.9. The summed E-state index contributed by atoms with van der Waals surface area (Å²) in [7, 11) is 4.19. The van der Waals surface area contributed by atoms with Gasteiger partial charge in [0.05, 0.1) is 0 Å². The maximum atomic E-state index is 4.69. The zero-order valence-corrected chi connectivity index (χ0v) is 16.6. The number of fused-ring (bicyclic) bond motifs is 1. The van der Waals surface area contributed by atoms with Crippen LogP contribution in [0.3, 0.4) is 0 Å². The second-order valence-electron chi connectivity index (χ2n) is 7.06. The van der Waals surface area contributed by atoms with Crippen LogP contribution in [0.15, 0.2) is 48.9 Å². The number of aromatic amines is 1. The number of aromatic nitrogens is 4. The van der Waals surface area contributed by atoms with E-state index in [0.29, 0.717) is 6.04 Å². The molecule has 1 saturated heterocycles. The van der Waals surface area contributed by atoms with Gasteiger partial charge in [0.2, 0.25) is 0 Å². The first-order valence-electron chi connectivity index (χ1n) is 9.54. The van der Waals surface area contributed by atoms with Gasteiger partial charge in [0.25, 0.3) is 0 Å². The van der Waals surface area contributed by atoms with E-state index in [1.807, 2.05) is 30.6 Å². The van der Waals surface area contributed by atoms with Gasteiger partial charge in [-0.05, 0) is 0 Å². The van der Waals surface area contributed by atoms with Crippen LogP contribution in [0, 0.1) is 0 Å². The van der Waals surface area contributed by atoms with Crippen LogP contribution in [0.2, 0.25) is 0 Å². The van der Waals surface area contributed by atoms with E-state index in [9.17, 15) is 0 Å². The molecule has 7 nitrogen and oxygen atoms in total. The molecule has 1 aromatic carbocycles. The van der Waals surface area contributed by atoms with E-state index in [1.165, 1.54) is 0 Å². The third-order valence-corrected chi connectivity index (χ3v) is 5.94. The number of H-pyrrole nitrogens is 1. The number of nitrogens with one attached hydrogen (secondary N) is 4. The van der Waals surface area contributed by atoms with Crippen molar-refractivity contribution in [2.45, 2.75) is 12.5 Å². The number of pyridine rings is 1. The summed E-state index contributed by atoms with van der Waals surface area (Å²) in [6.07, 6.45) is 6.61. The molecule has 3 aromatic heterocycles. The van der Waals surface area contributed by atoms with E-state index in [2.05, 4.69) is 55.7 Å². The van der Waals surface area contributed by atoms with Gasteiger partial charge >= 0.3 is 163 Å². The van der Waals surface area contributed by atoms with Gasteiger partial charge in [0.1, 0.15) is 0 Å². The molecule has 0 saturated carbocycles. The van der Waals surface area contributed by atoms with Crippen LogP contribution in [0.4, 0.5) is 10.9 Å². The van der Waals surface area contributed by atoms with Crippen LogP contribution in [0.5, 0.6) is 0 Å². The molecule has 29 heavy (non-hydrogen) atoms. The van der Waals surface area contributed by atoms with E-state index >= 15 is 0 Å². The average Bonchev–Trinajstić information content (AvgIpc) is 3.49. The Bertz CT molecular complexity index is 1150. The molecule has 0 aliphatic carbocycles. The number of rotatable bonds is 6. The summed E-state index contributed by atoms with van der Waals surface area (Å²) in [5.74, 6) is 0.754. The van der Waals surface area contributed by atoms with Gasteiger partial charge in [-0.3, -0.25) is 5.10 Å². The zero-order chi connectivity index (χ0) is 19.6. The fourth-order valence-corrected chi connectivity index (χ4v) is 4.38.